The summed E-state index contributed by atoms with van der Waals surface area (Å²) in [6.45, 7) is 2.15. The molecule has 0 radical (unpaired) electrons. The van der Waals surface area contributed by atoms with Gasteiger partial charge < -0.3 is 16.4 Å². The maximum absolute atomic E-state index is 11.8. The predicted octanol–water partition coefficient (Wildman–Crippen LogP) is 1.30. The maximum Gasteiger partial charge on any atom is 0.251 e. The van der Waals surface area contributed by atoms with Crippen molar-refractivity contribution < 1.29 is 9.59 Å². The zero-order valence-electron chi connectivity index (χ0n) is 11.7. The van der Waals surface area contributed by atoms with Crippen LogP contribution >= 0.6 is 0 Å². The molecule has 0 aromatic heterocycles. The highest BCUT2D eigenvalue weighted by Gasteiger charge is 2.24. The summed E-state index contributed by atoms with van der Waals surface area (Å²) in [7, 11) is 0. The van der Waals surface area contributed by atoms with Crippen LogP contribution in [0.15, 0.2) is 24.3 Å². The number of nitrogens with one attached hydrogen (secondary N) is 2. The zero-order valence-corrected chi connectivity index (χ0v) is 11.7. The lowest BCUT2D eigenvalue weighted by Crippen LogP contribution is -2.42. The molecular weight excluding hydrogens is 254 g/mol. The summed E-state index contributed by atoms with van der Waals surface area (Å²) < 4.78 is 0. The normalized spacial score (nSPS) is 21.4. The molecule has 0 bridgehead atoms. The van der Waals surface area contributed by atoms with Gasteiger partial charge in [0.05, 0.1) is 6.54 Å². The molecule has 5 heteroatoms. The van der Waals surface area contributed by atoms with Crippen molar-refractivity contribution in [2.24, 2.45) is 5.92 Å². The minimum absolute atomic E-state index is 0.00638. The minimum Gasteiger partial charge on any atom is -0.399 e. The van der Waals surface area contributed by atoms with Crippen molar-refractivity contribution in [2.75, 3.05) is 12.3 Å². The van der Waals surface area contributed by atoms with Crippen molar-refractivity contribution in [2.45, 2.75) is 32.2 Å². The third-order valence-corrected chi connectivity index (χ3v) is 3.79. The Morgan fingerprint density at radius 3 is 2.55 bits per heavy atom. The summed E-state index contributed by atoms with van der Waals surface area (Å²) >= 11 is 0. The molecule has 2 amide bonds. The van der Waals surface area contributed by atoms with Crippen LogP contribution < -0.4 is 16.4 Å². The number of rotatable bonds is 4. The maximum atomic E-state index is 11.8. The van der Waals surface area contributed by atoms with Crippen LogP contribution in [0.25, 0.3) is 0 Å². The SMILES string of the molecule is CC1CCCC1NC(=O)CNC(=O)c1ccc(N)cc1. The van der Waals surface area contributed by atoms with Gasteiger partial charge in [-0.1, -0.05) is 13.3 Å². The van der Waals surface area contributed by atoms with E-state index in [0.29, 0.717) is 17.2 Å². The van der Waals surface area contributed by atoms with Crippen molar-refractivity contribution in [3.8, 4) is 0 Å². The van der Waals surface area contributed by atoms with Crippen molar-refractivity contribution in [1.82, 2.24) is 10.6 Å². The van der Waals surface area contributed by atoms with Gasteiger partial charge in [0, 0.05) is 17.3 Å². The summed E-state index contributed by atoms with van der Waals surface area (Å²) in [5.41, 5.74) is 6.66. The van der Waals surface area contributed by atoms with Crippen molar-refractivity contribution in [3.05, 3.63) is 29.8 Å². The van der Waals surface area contributed by atoms with E-state index in [1.54, 1.807) is 24.3 Å². The Morgan fingerprint density at radius 2 is 1.95 bits per heavy atom. The standard InChI is InChI=1S/C15H21N3O2/c1-10-3-2-4-13(10)18-14(19)9-17-15(20)11-5-7-12(16)8-6-11/h5-8,10,13H,2-4,9,16H2,1H3,(H,17,20)(H,18,19). The molecule has 1 saturated carbocycles. The fourth-order valence-corrected chi connectivity index (χ4v) is 2.51. The Labute approximate surface area is 118 Å². The highest BCUT2D eigenvalue weighted by atomic mass is 16.2. The van der Waals surface area contributed by atoms with Crippen molar-refractivity contribution >= 4 is 17.5 Å². The monoisotopic (exact) mass is 275 g/mol. The van der Waals surface area contributed by atoms with Crippen LogP contribution in [-0.2, 0) is 4.79 Å². The molecule has 0 aliphatic heterocycles. The van der Waals surface area contributed by atoms with E-state index in [1.807, 2.05) is 0 Å². The largest absolute Gasteiger partial charge is 0.399 e. The molecule has 1 aromatic carbocycles. The molecule has 20 heavy (non-hydrogen) atoms. The van der Waals surface area contributed by atoms with Gasteiger partial charge in [0.1, 0.15) is 0 Å². The molecular formula is C15H21N3O2. The Kier molecular flexibility index (Phi) is 4.61. The van der Waals surface area contributed by atoms with Gasteiger partial charge in [0.15, 0.2) is 0 Å². The van der Waals surface area contributed by atoms with E-state index in [-0.39, 0.29) is 24.4 Å². The van der Waals surface area contributed by atoms with Crippen LogP contribution in [-0.4, -0.2) is 24.4 Å². The van der Waals surface area contributed by atoms with E-state index < -0.39 is 0 Å². The first-order chi connectivity index (χ1) is 9.56. The van der Waals surface area contributed by atoms with Gasteiger partial charge in [-0.25, -0.2) is 0 Å². The Morgan fingerprint density at radius 1 is 1.25 bits per heavy atom. The lowest BCUT2D eigenvalue weighted by molar-refractivity contribution is -0.121. The summed E-state index contributed by atoms with van der Waals surface area (Å²) in [5, 5.41) is 5.59. The lowest BCUT2D eigenvalue weighted by Gasteiger charge is -2.17. The average Bonchev–Trinajstić information content (AvgIpc) is 2.82. The smallest absolute Gasteiger partial charge is 0.251 e. The first-order valence-corrected chi connectivity index (χ1v) is 6.99. The quantitative estimate of drug-likeness (QED) is 0.724. The van der Waals surface area contributed by atoms with E-state index in [0.717, 1.165) is 19.3 Å². The highest BCUT2D eigenvalue weighted by molar-refractivity contribution is 5.96. The van der Waals surface area contributed by atoms with Gasteiger partial charge in [0.25, 0.3) is 5.91 Å². The second-order valence-electron chi connectivity index (χ2n) is 5.39. The number of carbonyl (C=O) groups is 2. The van der Waals surface area contributed by atoms with E-state index in [1.165, 1.54) is 0 Å². The fourth-order valence-electron chi connectivity index (χ4n) is 2.51. The van der Waals surface area contributed by atoms with Crippen LogP contribution in [0, 0.1) is 5.92 Å². The average molecular weight is 275 g/mol. The molecule has 2 atom stereocenters. The fraction of sp³-hybridized carbons (Fsp3) is 0.467. The van der Waals surface area contributed by atoms with Crippen LogP contribution in [0.2, 0.25) is 0 Å². The van der Waals surface area contributed by atoms with Crippen LogP contribution in [0.4, 0.5) is 5.69 Å². The number of carbonyl (C=O) groups excluding carboxylic acids is 2. The number of nitrogens with two attached hydrogens (primary N) is 1. The molecule has 5 nitrogen and oxygen atoms in total. The molecule has 2 rings (SSSR count). The van der Waals surface area contributed by atoms with E-state index in [2.05, 4.69) is 17.6 Å². The molecule has 1 fully saturated rings. The number of benzene rings is 1. The zero-order chi connectivity index (χ0) is 14.5. The Balaban J connectivity index is 1.78. The second-order valence-corrected chi connectivity index (χ2v) is 5.39. The lowest BCUT2D eigenvalue weighted by atomic mass is 10.1. The number of nitrogen functional groups attached to an aromatic ring is 1. The summed E-state index contributed by atoms with van der Waals surface area (Å²) in [6.07, 6.45) is 3.34. The van der Waals surface area contributed by atoms with Gasteiger partial charge >= 0.3 is 0 Å². The predicted molar refractivity (Wildman–Crippen MR) is 78.1 cm³/mol. The molecule has 0 saturated heterocycles. The summed E-state index contributed by atoms with van der Waals surface area (Å²) in [5.74, 6) is 0.124. The number of amides is 2. The molecule has 1 aliphatic carbocycles. The minimum atomic E-state index is -0.264. The van der Waals surface area contributed by atoms with Gasteiger partial charge in [0.2, 0.25) is 5.91 Å². The van der Waals surface area contributed by atoms with E-state index in [9.17, 15) is 9.59 Å². The molecule has 0 heterocycles. The van der Waals surface area contributed by atoms with Gasteiger partial charge in [-0.3, -0.25) is 9.59 Å². The van der Waals surface area contributed by atoms with Gasteiger partial charge in [-0.15, -0.1) is 0 Å². The van der Waals surface area contributed by atoms with Crippen LogP contribution in [0.5, 0.6) is 0 Å². The highest BCUT2D eigenvalue weighted by Crippen LogP contribution is 2.24. The third kappa shape index (κ3) is 3.73. The topological polar surface area (TPSA) is 84.2 Å². The summed E-state index contributed by atoms with van der Waals surface area (Å²) in [4.78, 5) is 23.6. The third-order valence-electron chi connectivity index (χ3n) is 3.79. The number of anilines is 1. The van der Waals surface area contributed by atoms with E-state index >= 15 is 0 Å². The summed E-state index contributed by atoms with van der Waals surface area (Å²) in [6, 6.07) is 6.85. The molecule has 1 aliphatic rings. The molecule has 0 spiro atoms. The molecule has 1 aromatic rings. The van der Waals surface area contributed by atoms with Gasteiger partial charge in [-0.2, -0.15) is 0 Å². The second kappa shape index (κ2) is 6.41. The Bertz CT molecular complexity index is 484. The first-order valence-electron chi connectivity index (χ1n) is 6.99. The van der Waals surface area contributed by atoms with Crippen LogP contribution in [0.1, 0.15) is 36.5 Å². The van der Waals surface area contributed by atoms with Crippen LogP contribution in [0.3, 0.4) is 0 Å². The van der Waals surface area contributed by atoms with Crippen molar-refractivity contribution in [3.63, 3.8) is 0 Å². The molecule has 108 valence electrons. The first kappa shape index (κ1) is 14.4. The molecule has 2 unspecified atom stereocenters. The van der Waals surface area contributed by atoms with Crippen molar-refractivity contribution in [1.29, 1.82) is 0 Å². The molecule has 4 N–H and O–H groups in total. The number of hydrogen-bond donors (Lipinski definition) is 3. The van der Waals surface area contributed by atoms with E-state index in [4.69, 9.17) is 5.73 Å². The van der Waals surface area contributed by atoms with Gasteiger partial charge in [-0.05, 0) is 43.0 Å². The Hall–Kier alpha value is -2.04. The number of hydrogen-bond acceptors (Lipinski definition) is 3.